The van der Waals surface area contributed by atoms with Gasteiger partial charge in [0.15, 0.2) is 0 Å². The number of rotatable bonds is 5. The lowest BCUT2D eigenvalue weighted by Crippen LogP contribution is -2.47. The normalized spacial score (nSPS) is 20.4. The van der Waals surface area contributed by atoms with E-state index in [1.807, 2.05) is 19.3 Å². The number of likely N-dealkylation sites (tertiary alicyclic amines) is 1. The summed E-state index contributed by atoms with van der Waals surface area (Å²) in [6, 6.07) is 4.40. The maximum atomic E-state index is 12.2. The van der Waals surface area contributed by atoms with Crippen LogP contribution in [0.25, 0.3) is 0 Å². The molecule has 2 aliphatic rings. The summed E-state index contributed by atoms with van der Waals surface area (Å²) in [6.07, 6.45) is 9.88. The number of carbonyl (C=O) groups excluding carboxylic acids is 2. The fourth-order valence-electron chi connectivity index (χ4n) is 4.06. The molecule has 6 heteroatoms. The first-order chi connectivity index (χ1) is 12.1. The summed E-state index contributed by atoms with van der Waals surface area (Å²) in [5.74, 6) is -0.997. The third kappa shape index (κ3) is 4.63. The summed E-state index contributed by atoms with van der Waals surface area (Å²) in [6.45, 7) is 2.55. The van der Waals surface area contributed by atoms with Crippen molar-refractivity contribution in [2.24, 2.45) is 7.05 Å². The monoisotopic (exact) mass is 346 g/mol. The minimum absolute atomic E-state index is 0.119. The van der Waals surface area contributed by atoms with Crippen molar-refractivity contribution < 1.29 is 9.59 Å². The first-order valence-electron chi connectivity index (χ1n) is 9.59. The zero-order chi connectivity index (χ0) is 17.6. The van der Waals surface area contributed by atoms with Gasteiger partial charge in [0.25, 0.3) is 0 Å². The lowest BCUT2D eigenvalue weighted by molar-refractivity contribution is -0.139. The van der Waals surface area contributed by atoms with Crippen molar-refractivity contribution in [1.29, 1.82) is 0 Å². The predicted octanol–water partition coefficient (Wildman–Crippen LogP) is 1.73. The molecule has 1 saturated heterocycles. The number of aromatic nitrogens is 1. The van der Waals surface area contributed by atoms with Gasteiger partial charge in [-0.1, -0.05) is 19.3 Å². The average molecular weight is 346 g/mol. The summed E-state index contributed by atoms with van der Waals surface area (Å²) in [5.41, 5.74) is 1.18. The average Bonchev–Trinajstić information content (AvgIpc) is 3.28. The highest BCUT2D eigenvalue weighted by atomic mass is 16.2. The van der Waals surface area contributed by atoms with E-state index in [9.17, 15) is 9.59 Å². The Balaban J connectivity index is 1.55. The molecule has 1 aromatic heterocycles. The SMILES string of the molecule is Cn1cccc1C(CNC(=O)C(=O)NC1CCCCC1)N1CCCC1. The van der Waals surface area contributed by atoms with E-state index in [1.165, 1.54) is 25.0 Å². The van der Waals surface area contributed by atoms with E-state index < -0.39 is 11.8 Å². The summed E-state index contributed by atoms with van der Waals surface area (Å²) in [7, 11) is 2.02. The summed E-state index contributed by atoms with van der Waals surface area (Å²) in [5, 5.41) is 5.75. The molecule has 1 saturated carbocycles. The van der Waals surface area contributed by atoms with Crippen molar-refractivity contribution in [1.82, 2.24) is 20.1 Å². The van der Waals surface area contributed by atoms with Crippen molar-refractivity contribution >= 4 is 11.8 Å². The van der Waals surface area contributed by atoms with E-state index in [0.717, 1.165) is 38.8 Å². The van der Waals surface area contributed by atoms with Crippen LogP contribution in [0.1, 0.15) is 56.7 Å². The minimum atomic E-state index is -0.510. The van der Waals surface area contributed by atoms with Crippen molar-refractivity contribution in [3.8, 4) is 0 Å². The molecule has 1 unspecified atom stereocenters. The van der Waals surface area contributed by atoms with Gasteiger partial charge in [0, 0.05) is 31.5 Å². The number of hydrogen-bond donors (Lipinski definition) is 2. The van der Waals surface area contributed by atoms with E-state index in [-0.39, 0.29) is 12.1 Å². The summed E-state index contributed by atoms with van der Waals surface area (Å²) in [4.78, 5) is 26.8. The Hall–Kier alpha value is -1.82. The van der Waals surface area contributed by atoms with E-state index in [2.05, 4.69) is 26.2 Å². The molecule has 0 aromatic carbocycles. The second-order valence-corrected chi connectivity index (χ2v) is 7.32. The Morgan fingerprint density at radius 3 is 2.48 bits per heavy atom. The van der Waals surface area contributed by atoms with E-state index in [0.29, 0.717) is 6.54 Å². The maximum Gasteiger partial charge on any atom is 0.309 e. The van der Waals surface area contributed by atoms with Crippen LogP contribution >= 0.6 is 0 Å². The van der Waals surface area contributed by atoms with Crippen molar-refractivity contribution in [3.05, 3.63) is 24.0 Å². The second-order valence-electron chi connectivity index (χ2n) is 7.32. The molecule has 1 atom stereocenters. The Morgan fingerprint density at radius 2 is 1.84 bits per heavy atom. The first-order valence-corrected chi connectivity index (χ1v) is 9.59. The molecule has 2 heterocycles. The van der Waals surface area contributed by atoms with Gasteiger partial charge in [-0.15, -0.1) is 0 Å². The van der Waals surface area contributed by atoms with Gasteiger partial charge in [-0.3, -0.25) is 14.5 Å². The van der Waals surface area contributed by atoms with Gasteiger partial charge in [-0.25, -0.2) is 0 Å². The Bertz CT molecular complexity index is 586. The standard InChI is InChI=1S/C19H30N4O2/c1-22-11-7-10-16(22)17(23-12-5-6-13-23)14-20-18(24)19(25)21-15-8-3-2-4-9-15/h7,10-11,15,17H,2-6,8-9,12-14H2,1H3,(H,20,24)(H,21,25). The van der Waals surface area contributed by atoms with Gasteiger partial charge in [0.1, 0.15) is 0 Å². The number of carbonyl (C=O) groups is 2. The first kappa shape index (κ1) is 18.0. The zero-order valence-electron chi connectivity index (χ0n) is 15.2. The zero-order valence-corrected chi connectivity index (χ0v) is 15.2. The van der Waals surface area contributed by atoms with Gasteiger partial charge in [-0.05, 0) is 50.9 Å². The van der Waals surface area contributed by atoms with E-state index in [1.54, 1.807) is 0 Å². The Morgan fingerprint density at radius 1 is 1.12 bits per heavy atom. The summed E-state index contributed by atoms with van der Waals surface area (Å²) < 4.78 is 2.09. The molecule has 2 N–H and O–H groups in total. The topological polar surface area (TPSA) is 66.4 Å². The number of nitrogens with one attached hydrogen (secondary N) is 2. The van der Waals surface area contributed by atoms with Crippen LogP contribution in [0.15, 0.2) is 18.3 Å². The predicted molar refractivity (Wildman–Crippen MR) is 97.0 cm³/mol. The molecule has 2 amide bonds. The molecule has 0 spiro atoms. The Kier molecular flexibility index (Phi) is 6.13. The molecule has 1 aliphatic heterocycles. The third-order valence-corrected chi connectivity index (χ3v) is 5.51. The molecule has 1 aromatic rings. The molecule has 138 valence electrons. The largest absolute Gasteiger partial charge is 0.353 e. The van der Waals surface area contributed by atoms with Crippen LogP contribution in [0.2, 0.25) is 0 Å². The van der Waals surface area contributed by atoms with Crippen molar-refractivity contribution in [2.45, 2.75) is 57.0 Å². The van der Waals surface area contributed by atoms with Crippen LogP contribution in [0.4, 0.5) is 0 Å². The smallest absolute Gasteiger partial charge is 0.309 e. The highest BCUT2D eigenvalue weighted by molar-refractivity contribution is 6.35. The molecule has 6 nitrogen and oxygen atoms in total. The van der Waals surface area contributed by atoms with Crippen LogP contribution in [-0.2, 0) is 16.6 Å². The number of amides is 2. The van der Waals surface area contributed by atoms with E-state index in [4.69, 9.17) is 0 Å². The molecule has 3 rings (SSSR count). The van der Waals surface area contributed by atoms with Gasteiger partial charge in [-0.2, -0.15) is 0 Å². The Labute approximate surface area is 149 Å². The summed E-state index contributed by atoms with van der Waals surface area (Å²) >= 11 is 0. The molecular weight excluding hydrogens is 316 g/mol. The highest BCUT2D eigenvalue weighted by Crippen LogP contribution is 2.24. The van der Waals surface area contributed by atoms with Gasteiger partial charge >= 0.3 is 11.8 Å². The third-order valence-electron chi connectivity index (χ3n) is 5.51. The van der Waals surface area contributed by atoms with Crippen LogP contribution in [-0.4, -0.2) is 47.0 Å². The maximum absolute atomic E-state index is 12.2. The molecule has 1 aliphatic carbocycles. The molecule has 25 heavy (non-hydrogen) atoms. The molecular formula is C19H30N4O2. The fraction of sp³-hybridized carbons (Fsp3) is 0.684. The van der Waals surface area contributed by atoms with Gasteiger partial charge < -0.3 is 15.2 Å². The van der Waals surface area contributed by atoms with Crippen LogP contribution in [0.3, 0.4) is 0 Å². The lowest BCUT2D eigenvalue weighted by Gasteiger charge is -2.28. The minimum Gasteiger partial charge on any atom is -0.353 e. The number of hydrogen-bond acceptors (Lipinski definition) is 3. The van der Waals surface area contributed by atoms with Crippen LogP contribution in [0, 0.1) is 0 Å². The lowest BCUT2D eigenvalue weighted by atomic mass is 9.95. The molecule has 0 bridgehead atoms. The number of aryl methyl sites for hydroxylation is 1. The van der Waals surface area contributed by atoms with Crippen LogP contribution in [0.5, 0.6) is 0 Å². The highest BCUT2D eigenvalue weighted by Gasteiger charge is 2.27. The molecule has 0 radical (unpaired) electrons. The second kappa shape index (κ2) is 8.52. The number of nitrogens with zero attached hydrogens (tertiary/aromatic N) is 2. The van der Waals surface area contributed by atoms with Gasteiger partial charge in [0.05, 0.1) is 6.04 Å². The van der Waals surface area contributed by atoms with Crippen LogP contribution < -0.4 is 10.6 Å². The van der Waals surface area contributed by atoms with Gasteiger partial charge in [0.2, 0.25) is 0 Å². The van der Waals surface area contributed by atoms with Crippen molar-refractivity contribution in [2.75, 3.05) is 19.6 Å². The molecule has 2 fully saturated rings. The quantitative estimate of drug-likeness (QED) is 0.798. The van der Waals surface area contributed by atoms with E-state index >= 15 is 0 Å². The fourth-order valence-corrected chi connectivity index (χ4v) is 4.06. The van der Waals surface area contributed by atoms with Crippen molar-refractivity contribution in [3.63, 3.8) is 0 Å².